The van der Waals surface area contributed by atoms with Crippen LogP contribution in [0.15, 0.2) is 24.0 Å². The monoisotopic (exact) mass is 222 g/mol. The van der Waals surface area contributed by atoms with Crippen LogP contribution < -0.4 is 0 Å². The van der Waals surface area contributed by atoms with Gasteiger partial charge >= 0.3 is 0 Å². The summed E-state index contributed by atoms with van der Waals surface area (Å²) in [6, 6.07) is 0. The molecule has 1 aliphatic carbocycles. The van der Waals surface area contributed by atoms with Gasteiger partial charge in [0.05, 0.1) is 6.10 Å². The lowest BCUT2D eigenvalue weighted by Gasteiger charge is -2.27. The predicted molar refractivity (Wildman–Crippen MR) is 66.0 cm³/mol. The van der Waals surface area contributed by atoms with E-state index in [-0.39, 0.29) is 17.8 Å². The van der Waals surface area contributed by atoms with Gasteiger partial charge in [0.1, 0.15) is 5.76 Å². The van der Waals surface area contributed by atoms with E-state index in [0.29, 0.717) is 5.92 Å². The second kappa shape index (κ2) is 5.88. The Morgan fingerprint density at radius 1 is 1.56 bits per heavy atom. The number of hydrogen-bond donors (Lipinski definition) is 0. The smallest absolute Gasteiger partial charge is 0.162 e. The number of ether oxygens (including phenoxy) is 1. The fraction of sp³-hybridized carbons (Fsp3) is 0.643. The van der Waals surface area contributed by atoms with Crippen LogP contribution in [-0.4, -0.2) is 11.9 Å². The number of rotatable bonds is 4. The highest BCUT2D eigenvalue weighted by atomic mass is 16.5. The van der Waals surface area contributed by atoms with Crippen LogP contribution >= 0.6 is 0 Å². The van der Waals surface area contributed by atoms with Crippen LogP contribution in [0.25, 0.3) is 0 Å². The molecule has 0 radical (unpaired) electrons. The van der Waals surface area contributed by atoms with Crippen molar-refractivity contribution in [3.8, 4) is 0 Å². The van der Waals surface area contributed by atoms with Gasteiger partial charge in [0.25, 0.3) is 0 Å². The lowest BCUT2D eigenvalue weighted by atomic mass is 9.80. The Kier molecular flexibility index (Phi) is 4.78. The molecule has 0 fully saturated rings. The number of carbonyl (C=O) groups is 1. The molecule has 0 aromatic heterocycles. The quantitative estimate of drug-likeness (QED) is 0.681. The lowest BCUT2D eigenvalue weighted by molar-refractivity contribution is -0.120. The van der Waals surface area contributed by atoms with E-state index in [2.05, 4.69) is 13.0 Å². The third-order valence-corrected chi connectivity index (χ3v) is 2.89. The maximum absolute atomic E-state index is 11.9. The van der Waals surface area contributed by atoms with Crippen LogP contribution in [0.2, 0.25) is 0 Å². The van der Waals surface area contributed by atoms with E-state index in [1.807, 2.05) is 26.8 Å². The van der Waals surface area contributed by atoms with E-state index in [1.54, 1.807) is 6.08 Å². The summed E-state index contributed by atoms with van der Waals surface area (Å²) in [4.78, 5) is 11.9. The second-order valence-electron chi connectivity index (χ2n) is 4.77. The zero-order valence-corrected chi connectivity index (χ0v) is 10.7. The zero-order chi connectivity index (χ0) is 12.1. The van der Waals surface area contributed by atoms with Gasteiger partial charge < -0.3 is 4.74 Å². The fourth-order valence-corrected chi connectivity index (χ4v) is 2.08. The molecule has 0 amide bonds. The minimum absolute atomic E-state index is 0.135. The number of hydrogen-bond acceptors (Lipinski definition) is 2. The van der Waals surface area contributed by atoms with Crippen LogP contribution in [0.3, 0.4) is 0 Å². The van der Waals surface area contributed by atoms with Crippen molar-refractivity contribution in [2.75, 3.05) is 0 Å². The van der Waals surface area contributed by atoms with E-state index in [1.165, 1.54) is 0 Å². The van der Waals surface area contributed by atoms with E-state index < -0.39 is 0 Å². The highest BCUT2D eigenvalue weighted by molar-refractivity contribution is 5.93. The van der Waals surface area contributed by atoms with E-state index in [0.717, 1.165) is 18.6 Å². The van der Waals surface area contributed by atoms with Crippen molar-refractivity contribution in [3.63, 3.8) is 0 Å². The van der Waals surface area contributed by atoms with Gasteiger partial charge in [0.2, 0.25) is 0 Å². The maximum atomic E-state index is 11.9. The molecule has 90 valence electrons. The Bertz CT molecular complexity index is 300. The van der Waals surface area contributed by atoms with Crippen molar-refractivity contribution >= 4 is 5.78 Å². The topological polar surface area (TPSA) is 26.3 Å². The van der Waals surface area contributed by atoms with Crippen LogP contribution in [0, 0.1) is 11.8 Å². The maximum Gasteiger partial charge on any atom is 0.162 e. The van der Waals surface area contributed by atoms with Crippen molar-refractivity contribution in [2.45, 2.75) is 46.6 Å². The van der Waals surface area contributed by atoms with Gasteiger partial charge in [-0.3, -0.25) is 4.79 Å². The zero-order valence-electron chi connectivity index (χ0n) is 10.7. The molecule has 16 heavy (non-hydrogen) atoms. The van der Waals surface area contributed by atoms with Gasteiger partial charge in [-0.05, 0) is 33.1 Å². The summed E-state index contributed by atoms with van der Waals surface area (Å²) in [6.45, 7) is 8.09. The Morgan fingerprint density at radius 3 is 2.75 bits per heavy atom. The van der Waals surface area contributed by atoms with Gasteiger partial charge in [-0.1, -0.05) is 19.1 Å². The summed E-state index contributed by atoms with van der Waals surface area (Å²) in [5.74, 6) is 1.58. The molecule has 0 aromatic carbocycles. The van der Waals surface area contributed by atoms with E-state index in [4.69, 9.17) is 4.74 Å². The Labute approximate surface area is 98.4 Å². The lowest BCUT2D eigenvalue weighted by Crippen LogP contribution is -2.26. The first-order chi connectivity index (χ1) is 7.54. The third-order valence-electron chi connectivity index (χ3n) is 2.89. The molecule has 0 spiro atoms. The molecule has 1 aliphatic rings. The SMILES string of the molecule is C/C=C/CC1C(=O)C=C(OC(C)C)CC1C. The fourth-order valence-electron chi connectivity index (χ4n) is 2.08. The summed E-state index contributed by atoms with van der Waals surface area (Å²) in [5, 5.41) is 0. The average Bonchev–Trinajstić information content (AvgIpc) is 2.15. The molecule has 0 saturated heterocycles. The Hall–Kier alpha value is -1.05. The van der Waals surface area contributed by atoms with Crippen molar-refractivity contribution in [2.24, 2.45) is 11.8 Å². The van der Waals surface area contributed by atoms with Gasteiger partial charge in [-0.25, -0.2) is 0 Å². The number of allylic oxidation sites excluding steroid dienone is 4. The summed E-state index contributed by atoms with van der Waals surface area (Å²) < 4.78 is 5.61. The summed E-state index contributed by atoms with van der Waals surface area (Å²) >= 11 is 0. The minimum Gasteiger partial charge on any atom is -0.495 e. The summed E-state index contributed by atoms with van der Waals surface area (Å²) in [6.07, 6.45) is 7.64. The van der Waals surface area contributed by atoms with Gasteiger partial charge in [-0.15, -0.1) is 0 Å². The van der Waals surface area contributed by atoms with Crippen molar-refractivity contribution in [3.05, 3.63) is 24.0 Å². The second-order valence-corrected chi connectivity index (χ2v) is 4.77. The van der Waals surface area contributed by atoms with Crippen molar-refractivity contribution < 1.29 is 9.53 Å². The molecular formula is C14H22O2. The van der Waals surface area contributed by atoms with Crippen molar-refractivity contribution in [1.82, 2.24) is 0 Å². The molecular weight excluding hydrogens is 200 g/mol. The Balaban J connectivity index is 2.68. The summed E-state index contributed by atoms with van der Waals surface area (Å²) in [7, 11) is 0. The van der Waals surface area contributed by atoms with Crippen LogP contribution in [-0.2, 0) is 9.53 Å². The van der Waals surface area contributed by atoms with Crippen LogP contribution in [0.5, 0.6) is 0 Å². The van der Waals surface area contributed by atoms with Gasteiger partial charge in [0.15, 0.2) is 5.78 Å². The number of ketones is 1. The predicted octanol–water partition coefficient (Wildman–Crippen LogP) is 3.49. The van der Waals surface area contributed by atoms with Crippen LogP contribution in [0.1, 0.15) is 40.5 Å². The first kappa shape index (κ1) is 13.0. The van der Waals surface area contributed by atoms with E-state index >= 15 is 0 Å². The average molecular weight is 222 g/mol. The minimum atomic E-state index is 0.135. The van der Waals surface area contributed by atoms with Gasteiger partial charge in [-0.2, -0.15) is 0 Å². The Morgan fingerprint density at radius 2 is 2.25 bits per heavy atom. The molecule has 0 aliphatic heterocycles. The number of carbonyl (C=O) groups excluding carboxylic acids is 1. The first-order valence-corrected chi connectivity index (χ1v) is 6.06. The molecule has 0 heterocycles. The first-order valence-electron chi connectivity index (χ1n) is 6.06. The van der Waals surface area contributed by atoms with E-state index in [9.17, 15) is 4.79 Å². The molecule has 2 heteroatoms. The highest BCUT2D eigenvalue weighted by Crippen LogP contribution is 2.30. The molecule has 0 saturated carbocycles. The largest absolute Gasteiger partial charge is 0.495 e. The van der Waals surface area contributed by atoms with Gasteiger partial charge in [0, 0.05) is 18.4 Å². The van der Waals surface area contributed by atoms with Crippen LogP contribution in [0.4, 0.5) is 0 Å². The molecule has 1 rings (SSSR count). The molecule has 2 atom stereocenters. The molecule has 0 aromatic rings. The molecule has 2 unspecified atom stereocenters. The standard InChI is InChI=1S/C14H22O2/c1-5-6-7-13-11(4)8-12(9-14(13)15)16-10(2)3/h5-6,9-11,13H,7-8H2,1-4H3/b6-5+. The summed E-state index contributed by atoms with van der Waals surface area (Å²) in [5.41, 5.74) is 0. The molecule has 0 bridgehead atoms. The highest BCUT2D eigenvalue weighted by Gasteiger charge is 2.29. The molecule has 0 N–H and O–H groups in total. The normalized spacial score (nSPS) is 26.3. The third kappa shape index (κ3) is 3.51. The molecule has 2 nitrogen and oxygen atoms in total. The van der Waals surface area contributed by atoms with Crippen molar-refractivity contribution in [1.29, 1.82) is 0 Å².